The van der Waals surface area contributed by atoms with E-state index in [1.54, 1.807) is 10.6 Å². The van der Waals surface area contributed by atoms with Crippen molar-refractivity contribution in [3.8, 4) is 11.3 Å². The SMILES string of the molecule is Cc1cc(Br)cn2cc(-c3cccc(F)c3F)nc12. The van der Waals surface area contributed by atoms with Gasteiger partial charge in [0.1, 0.15) is 5.65 Å². The van der Waals surface area contributed by atoms with Crippen LogP contribution in [0.25, 0.3) is 16.9 Å². The van der Waals surface area contributed by atoms with Crippen LogP contribution < -0.4 is 0 Å². The van der Waals surface area contributed by atoms with E-state index in [0.717, 1.165) is 21.7 Å². The van der Waals surface area contributed by atoms with Crippen LogP contribution in [0.3, 0.4) is 0 Å². The molecule has 0 aliphatic rings. The minimum absolute atomic E-state index is 0.166. The Morgan fingerprint density at radius 2 is 2.00 bits per heavy atom. The number of imidazole rings is 1. The maximum absolute atomic E-state index is 13.8. The molecule has 96 valence electrons. The van der Waals surface area contributed by atoms with E-state index in [4.69, 9.17) is 0 Å². The minimum atomic E-state index is -0.873. The summed E-state index contributed by atoms with van der Waals surface area (Å²) in [5.41, 5.74) is 2.26. The van der Waals surface area contributed by atoms with Crippen LogP contribution in [0.2, 0.25) is 0 Å². The molecule has 0 atom stereocenters. The van der Waals surface area contributed by atoms with Crippen LogP contribution in [-0.4, -0.2) is 9.38 Å². The number of pyridine rings is 1. The van der Waals surface area contributed by atoms with Crippen molar-refractivity contribution < 1.29 is 8.78 Å². The van der Waals surface area contributed by atoms with Crippen LogP contribution in [0.15, 0.2) is 41.1 Å². The maximum atomic E-state index is 13.8. The lowest BCUT2D eigenvalue weighted by molar-refractivity contribution is 0.511. The third kappa shape index (κ3) is 2.04. The summed E-state index contributed by atoms with van der Waals surface area (Å²) in [4.78, 5) is 4.36. The van der Waals surface area contributed by atoms with Gasteiger partial charge in [-0.1, -0.05) is 6.07 Å². The van der Waals surface area contributed by atoms with Gasteiger partial charge < -0.3 is 4.40 Å². The Kier molecular flexibility index (Phi) is 2.86. The molecular formula is C14H9BrF2N2. The molecule has 0 unspecified atom stereocenters. The lowest BCUT2D eigenvalue weighted by atomic mass is 10.1. The monoisotopic (exact) mass is 322 g/mol. The van der Waals surface area contributed by atoms with Crippen LogP contribution in [0, 0.1) is 18.6 Å². The quantitative estimate of drug-likeness (QED) is 0.651. The first-order valence-electron chi connectivity index (χ1n) is 5.65. The largest absolute Gasteiger partial charge is 0.305 e. The summed E-state index contributed by atoms with van der Waals surface area (Å²) in [5.74, 6) is -1.74. The Morgan fingerprint density at radius 3 is 2.79 bits per heavy atom. The molecule has 5 heteroatoms. The lowest BCUT2D eigenvalue weighted by Crippen LogP contribution is -1.88. The zero-order chi connectivity index (χ0) is 13.6. The van der Waals surface area contributed by atoms with E-state index in [1.165, 1.54) is 12.1 Å². The molecule has 0 N–H and O–H groups in total. The Morgan fingerprint density at radius 1 is 1.21 bits per heavy atom. The summed E-state index contributed by atoms with van der Waals surface area (Å²) < 4.78 is 29.7. The Labute approximate surface area is 116 Å². The van der Waals surface area contributed by atoms with Crippen LogP contribution in [0.4, 0.5) is 8.78 Å². The summed E-state index contributed by atoms with van der Waals surface area (Å²) in [7, 11) is 0. The third-order valence-electron chi connectivity index (χ3n) is 2.93. The smallest absolute Gasteiger partial charge is 0.168 e. The Bertz CT molecular complexity index is 780. The maximum Gasteiger partial charge on any atom is 0.168 e. The van der Waals surface area contributed by atoms with Gasteiger partial charge in [0.15, 0.2) is 11.6 Å². The van der Waals surface area contributed by atoms with Gasteiger partial charge in [0.2, 0.25) is 0 Å². The average Bonchev–Trinajstić information content (AvgIpc) is 2.76. The molecule has 3 rings (SSSR count). The van der Waals surface area contributed by atoms with Crippen LogP contribution in [0.1, 0.15) is 5.56 Å². The van der Waals surface area contributed by atoms with Crippen molar-refractivity contribution in [1.82, 2.24) is 9.38 Å². The summed E-state index contributed by atoms with van der Waals surface area (Å²) in [6.07, 6.45) is 3.51. The topological polar surface area (TPSA) is 17.3 Å². The minimum Gasteiger partial charge on any atom is -0.305 e. The summed E-state index contributed by atoms with van der Waals surface area (Å²) in [5, 5.41) is 0. The van der Waals surface area contributed by atoms with E-state index in [1.807, 2.05) is 19.2 Å². The molecule has 2 nitrogen and oxygen atoms in total. The van der Waals surface area contributed by atoms with Gasteiger partial charge in [0.25, 0.3) is 0 Å². The molecular weight excluding hydrogens is 314 g/mol. The molecule has 0 radical (unpaired) electrons. The number of aromatic nitrogens is 2. The molecule has 0 fully saturated rings. The van der Waals surface area contributed by atoms with Crippen molar-refractivity contribution in [2.24, 2.45) is 0 Å². The number of halogens is 3. The molecule has 2 heterocycles. The first kappa shape index (κ1) is 12.3. The van der Waals surface area contributed by atoms with Gasteiger partial charge in [-0.05, 0) is 46.6 Å². The van der Waals surface area contributed by atoms with E-state index >= 15 is 0 Å². The van der Waals surface area contributed by atoms with Crippen LogP contribution in [-0.2, 0) is 0 Å². The van der Waals surface area contributed by atoms with Crippen molar-refractivity contribution >= 4 is 21.6 Å². The van der Waals surface area contributed by atoms with Gasteiger partial charge in [-0.15, -0.1) is 0 Å². The average molecular weight is 323 g/mol. The van der Waals surface area contributed by atoms with Crippen LogP contribution >= 0.6 is 15.9 Å². The van der Waals surface area contributed by atoms with Crippen LogP contribution in [0.5, 0.6) is 0 Å². The number of hydrogen-bond acceptors (Lipinski definition) is 1. The van der Waals surface area contributed by atoms with E-state index < -0.39 is 11.6 Å². The van der Waals surface area contributed by atoms with Gasteiger partial charge in [0.05, 0.1) is 5.69 Å². The number of benzene rings is 1. The highest BCUT2D eigenvalue weighted by Crippen LogP contribution is 2.26. The predicted molar refractivity (Wildman–Crippen MR) is 73.0 cm³/mol. The van der Waals surface area contributed by atoms with E-state index in [0.29, 0.717) is 5.69 Å². The van der Waals surface area contributed by atoms with E-state index in [9.17, 15) is 8.78 Å². The van der Waals surface area contributed by atoms with Gasteiger partial charge in [-0.25, -0.2) is 13.8 Å². The molecule has 0 aliphatic carbocycles. The van der Waals surface area contributed by atoms with Crippen molar-refractivity contribution in [2.75, 3.05) is 0 Å². The fraction of sp³-hybridized carbons (Fsp3) is 0.0714. The summed E-state index contributed by atoms with van der Waals surface area (Å²) in [6, 6.07) is 6.01. The predicted octanol–water partition coefficient (Wildman–Crippen LogP) is 4.35. The molecule has 3 aromatic rings. The zero-order valence-corrected chi connectivity index (χ0v) is 11.6. The number of fused-ring (bicyclic) bond motifs is 1. The number of aryl methyl sites for hydroxylation is 1. The van der Waals surface area contributed by atoms with Crippen molar-refractivity contribution in [3.63, 3.8) is 0 Å². The molecule has 0 spiro atoms. The first-order chi connectivity index (χ1) is 9.06. The second-order valence-electron chi connectivity index (χ2n) is 4.30. The number of rotatable bonds is 1. The highest BCUT2D eigenvalue weighted by molar-refractivity contribution is 9.10. The van der Waals surface area contributed by atoms with Crippen molar-refractivity contribution in [2.45, 2.75) is 6.92 Å². The highest BCUT2D eigenvalue weighted by Gasteiger charge is 2.13. The summed E-state index contributed by atoms with van der Waals surface area (Å²) >= 11 is 3.39. The second kappa shape index (κ2) is 4.42. The first-order valence-corrected chi connectivity index (χ1v) is 6.45. The molecule has 1 aromatic carbocycles. The van der Waals surface area contributed by atoms with Gasteiger partial charge in [-0.2, -0.15) is 0 Å². The Hall–Kier alpha value is -1.75. The lowest BCUT2D eigenvalue weighted by Gasteiger charge is -1.98. The van der Waals surface area contributed by atoms with Gasteiger partial charge >= 0.3 is 0 Å². The Balaban J connectivity index is 2.26. The van der Waals surface area contributed by atoms with Gasteiger partial charge in [-0.3, -0.25) is 0 Å². The molecule has 2 aromatic heterocycles. The van der Waals surface area contributed by atoms with E-state index in [2.05, 4.69) is 20.9 Å². The van der Waals surface area contributed by atoms with Crippen molar-refractivity contribution in [1.29, 1.82) is 0 Å². The van der Waals surface area contributed by atoms with E-state index in [-0.39, 0.29) is 5.56 Å². The fourth-order valence-electron chi connectivity index (χ4n) is 2.06. The third-order valence-corrected chi connectivity index (χ3v) is 3.36. The fourth-order valence-corrected chi connectivity index (χ4v) is 2.62. The second-order valence-corrected chi connectivity index (χ2v) is 5.22. The number of nitrogens with zero attached hydrogens (tertiary/aromatic N) is 2. The normalized spacial score (nSPS) is 11.2. The molecule has 0 saturated heterocycles. The molecule has 19 heavy (non-hydrogen) atoms. The summed E-state index contributed by atoms with van der Waals surface area (Å²) in [6.45, 7) is 1.92. The highest BCUT2D eigenvalue weighted by atomic mass is 79.9. The molecule has 0 aliphatic heterocycles. The molecule has 0 bridgehead atoms. The number of hydrogen-bond donors (Lipinski definition) is 0. The molecule has 0 saturated carbocycles. The van der Waals surface area contributed by atoms with Gasteiger partial charge in [0, 0.05) is 22.4 Å². The zero-order valence-electron chi connectivity index (χ0n) is 9.99. The molecule has 0 amide bonds. The standard InChI is InChI=1S/C14H9BrF2N2/c1-8-5-9(15)6-19-7-12(18-14(8)19)10-3-2-4-11(16)13(10)17/h2-7H,1H3. The van der Waals surface area contributed by atoms with Crippen molar-refractivity contribution in [3.05, 3.63) is 58.3 Å².